The quantitative estimate of drug-likeness (QED) is 0.861. The van der Waals surface area contributed by atoms with Gasteiger partial charge in [-0.2, -0.15) is 0 Å². The monoisotopic (exact) mass is 360 g/mol. The Morgan fingerprint density at radius 3 is 2.88 bits per heavy atom. The van der Waals surface area contributed by atoms with Crippen LogP contribution >= 0.6 is 11.6 Å². The number of hydrogen-bond donors (Lipinski definition) is 1. The maximum absolute atomic E-state index is 13.8. The van der Waals surface area contributed by atoms with Crippen LogP contribution in [0.1, 0.15) is 24.0 Å². The van der Waals surface area contributed by atoms with E-state index in [4.69, 9.17) is 11.6 Å². The van der Waals surface area contributed by atoms with Crippen molar-refractivity contribution in [2.24, 2.45) is 5.92 Å². The topological polar surface area (TPSA) is 32.3 Å². The van der Waals surface area contributed by atoms with Gasteiger partial charge in [-0.1, -0.05) is 29.8 Å². The van der Waals surface area contributed by atoms with Crippen molar-refractivity contribution < 1.29 is 9.18 Å². The number of aryl methyl sites for hydroxylation is 1. The van der Waals surface area contributed by atoms with Gasteiger partial charge in [-0.3, -0.25) is 9.69 Å². The second-order valence-corrected chi connectivity index (χ2v) is 7.05. The van der Waals surface area contributed by atoms with Crippen molar-refractivity contribution in [3.8, 4) is 0 Å². The minimum Gasteiger partial charge on any atom is -0.326 e. The summed E-state index contributed by atoms with van der Waals surface area (Å²) in [7, 11) is 0. The van der Waals surface area contributed by atoms with Gasteiger partial charge >= 0.3 is 0 Å². The number of benzene rings is 2. The van der Waals surface area contributed by atoms with Crippen LogP contribution in [0.2, 0.25) is 5.02 Å². The Morgan fingerprint density at radius 1 is 1.32 bits per heavy atom. The number of piperidine rings is 1. The van der Waals surface area contributed by atoms with Gasteiger partial charge in [0.05, 0.1) is 5.92 Å². The molecule has 2 aromatic rings. The maximum Gasteiger partial charge on any atom is 0.228 e. The van der Waals surface area contributed by atoms with E-state index >= 15 is 0 Å². The van der Waals surface area contributed by atoms with Crippen LogP contribution in [-0.4, -0.2) is 23.9 Å². The van der Waals surface area contributed by atoms with Gasteiger partial charge in [-0.05, 0) is 56.1 Å². The van der Waals surface area contributed by atoms with Crippen molar-refractivity contribution in [3.63, 3.8) is 0 Å². The van der Waals surface area contributed by atoms with Crippen molar-refractivity contribution in [2.75, 3.05) is 18.4 Å². The molecule has 1 fully saturated rings. The molecule has 25 heavy (non-hydrogen) atoms. The van der Waals surface area contributed by atoms with Crippen LogP contribution in [0.5, 0.6) is 0 Å². The number of rotatable bonds is 4. The molecule has 0 bridgehead atoms. The van der Waals surface area contributed by atoms with Crippen molar-refractivity contribution in [3.05, 3.63) is 64.4 Å². The second-order valence-electron chi connectivity index (χ2n) is 6.61. The average Bonchev–Trinajstić information content (AvgIpc) is 2.60. The number of nitrogens with one attached hydrogen (secondary N) is 1. The molecule has 1 unspecified atom stereocenters. The van der Waals surface area contributed by atoms with Gasteiger partial charge in [-0.15, -0.1) is 0 Å². The van der Waals surface area contributed by atoms with E-state index < -0.39 is 0 Å². The Hall–Kier alpha value is -1.91. The zero-order chi connectivity index (χ0) is 17.8. The molecule has 1 atom stereocenters. The van der Waals surface area contributed by atoms with Gasteiger partial charge in [0.2, 0.25) is 5.91 Å². The molecule has 5 heteroatoms. The minimum atomic E-state index is -0.189. The maximum atomic E-state index is 13.8. The van der Waals surface area contributed by atoms with E-state index in [1.165, 1.54) is 6.07 Å². The second kappa shape index (κ2) is 7.98. The summed E-state index contributed by atoms with van der Waals surface area (Å²) < 4.78 is 13.8. The zero-order valence-corrected chi connectivity index (χ0v) is 15.0. The van der Waals surface area contributed by atoms with Crippen LogP contribution < -0.4 is 5.32 Å². The first kappa shape index (κ1) is 17.9. The molecule has 0 aliphatic carbocycles. The normalized spacial score (nSPS) is 18.1. The molecule has 0 radical (unpaired) electrons. The number of carbonyl (C=O) groups excluding carboxylic acids is 1. The van der Waals surface area contributed by atoms with E-state index in [-0.39, 0.29) is 17.6 Å². The summed E-state index contributed by atoms with van der Waals surface area (Å²) in [6.07, 6.45) is 1.79. The van der Waals surface area contributed by atoms with E-state index in [9.17, 15) is 9.18 Å². The van der Waals surface area contributed by atoms with E-state index in [0.717, 1.165) is 30.6 Å². The Bertz CT molecular complexity index is 765. The number of anilines is 1. The lowest BCUT2D eigenvalue weighted by atomic mass is 9.96. The summed E-state index contributed by atoms with van der Waals surface area (Å²) in [6.45, 7) is 3.99. The van der Waals surface area contributed by atoms with Gasteiger partial charge in [0.15, 0.2) is 0 Å². The third kappa shape index (κ3) is 4.59. The summed E-state index contributed by atoms with van der Waals surface area (Å²) in [6, 6.07) is 12.3. The lowest BCUT2D eigenvalue weighted by molar-refractivity contribution is -0.121. The Kier molecular flexibility index (Phi) is 5.71. The molecule has 1 N–H and O–H groups in total. The minimum absolute atomic E-state index is 0.0173. The molecule has 1 heterocycles. The molecule has 3 nitrogen and oxygen atoms in total. The molecular formula is C20H22ClFN2O. The first-order chi connectivity index (χ1) is 12.0. The van der Waals surface area contributed by atoms with Crippen molar-refractivity contribution in [1.29, 1.82) is 0 Å². The van der Waals surface area contributed by atoms with Crippen molar-refractivity contribution >= 4 is 23.2 Å². The number of nitrogens with zero attached hydrogens (tertiary/aromatic N) is 1. The van der Waals surface area contributed by atoms with Crippen LogP contribution in [0.25, 0.3) is 0 Å². The van der Waals surface area contributed by atoms with Crippen molar-refractivity contribution in [2.45, 2.75) is 26.3 Å². The lowest BCUT2D eigenvalue weighted by Crippen LogP contribution is -2.40. The van der Waals surface area contributed by atoms with E-state index in [1.807, 2.05) is 25.1 Å². The van der Waals surface area contributed by atoms with Gasteiger partial charge in [0.25, 0.3) is 0 Å². The Labute approximate surface area is 152 Å². The molecule has 1 aliphatic heterocycles. The van der Waals surface area contributed by atoms with Crippen LogP contribution in [0.3, 0.4) is 0 Å². The molecule has 0 saturated carbocycles. The average molecular weight is 361 g/mol. The molecule has 132 valence electrons. The number of hydrogen-bond acceptors (Lipinski definition) is 2. The highest BCUT2D eigenvalue weighted by Gasteiger charge is 2.26. The fraction of sp³-hybridized carbons (Fsp3) is 0.350. The van der Waals surface area contributed by atoms with E-state index in [0.29, 0.717) is 23.7 Å². The largest absolute Gasteiger partial charge is 0.326 e. The molecule has 1 aliphatic rings. The molecule has 3 rings (SSSR count). The van der Waals surface area contributed by atoms with Crippen LogP contribution in [0, 0.1) is 18.7 Å². The number of likely N-dealkylation sites (tertiary alicyclic amines) is 1. The van der Waals surface area contributed by atoms with Crippen LogP contribution in [0.4, 0.5) is 10.1 Å². The van der Waals surface area contributed by atoms with E-state index in [2.05, 4.69) is 10.2 Å². The molecule has 2 aromatic carbocycles. The predicted molar refractivity (Wildman–Crippen MR) is 99.2 cm³/mol. The van der Waals surface area contributed by atoms with Gasteiger partial charge in [-0.25, -0.2) is 4.39 Å². The summed E-state index contributed by atoms with van der Waals surface area (Å²) in [5.74, 6) is -0.259. The SMILES string of the molecule is Cc1cc(Cl)ccc1NC(=O)C1CCCN(Cc2ccccc2F)C1. The Balaban J connectivity index is 1.62. The Morgan fingerprint density at radius 2 is 2.12 bits per heavy atom. The lowest BCUT2D eigenvalue weighted by Gasteiger charge is -2.32. The first-order valence-corrected chi connectivity index (χ1v) is 8.93. The molecule has 0 spiro atoms. The number of amides is 1. The smallest absolute Gasteiger partial charge is 0.228 e. The number of halogens is 2. The highest BCUT2D eigenvalue weighted by Crippen LogP contribution is 2.24. The van der Waals surface area contributed by atoms with E-state index in [1.54, 1.807) is 18.2 Å². The highest BCUT2D eigenvalue weighted by atomic mass is 35.5. The fourth-order valence-electron chi connectivity index (χ4n) is 3.28. The summed E-state index contributed by atoms with van der Waals surface area (Å²) in [4.78, 5) is 14.8. The van der Waals surface area contributed by atoms with Gasteiger partial charge in [0.1, 0.15) is 5.82 Å². The molecule has 1 amide bonds. The zero-order valence-electron chi connectivity index (χ0n) is 14.3. The highest BCUT2D eigenvalue weighted by molar-refractivity contribution is 6.30. The third-order valence-corrected chi connectivity index (χ3v) is 4.91. The standard InChI is InChI=1S/C20H22ClFN2O/c1-14-11-17(21)8-9-19(14)23-20(25)16-6-4-10-24(13-16)12-15-5-2-3-7-18(15)22/h2-3,5,7-9,11,16H,4,6,10,12-13H2,1H3,(H,23,25). The summed E-state index contributed by atoms with van der Waals surface area (Å²) in [5.41, 5.74) is 2.41. The summed E-state index contributed by atoms with van der Waals surface area (Å²) in [5, 5.41) is 3.66. The molecular weight excluding hydrogens is 339 g/mol. The van der Waals surface area contributed by atoms with Gasteiger partial charge < -0.3 is 5.32 Å². The summed E-state index contributed by atoms with van der Waals surface area (Å²) >= 11 is 5.96. The third-order valence-electron chi connectivity index (χ3n) is 4.67. The van der Waals surface area contributed by atoms with Crippen LogP contribution in [-0.2, 0) is 11.3 Å². The first-order valence-electron chi connectivity index (χ1n) is 8.55. The number of carbonyl (C=O) groups is 1. The predicted octanol–water partition coefficient (Wildman–Crippen LogP) is 4.64. The van der Waals surface area contributed by atoms with Crippen LogP contribution in [0.15, 0.2) is 42.5 Å². The van der Waals surface area contributed by atoms with Crippen molar-refractivity contribution in [1.82, 2.24) is 4.90 Å². The van der Waals surface area contributed by atoms with Gasteiger partial charge in [0, 0.05) is 29.4 Å². The molecule has 0 aromatic heterocycles. The molecule has 1 saturated heterocycles. The fourth-order valence-corrected chi connectivity index (χ4v) is 3.51.